The third kappa shape index (κ3) is 4.50. The van der Waals surface area contributed by atoms with E-state index in [1.165, 1.54) is 12.1 Å². The summed E-state index contributed by atoms with van der Waals surface area (Å²) in [5, 5.41) is 3.83. The quantitative estimate of drug-likeness (QED) is 0.752. The zero-order valence-electron chi connectivity index (χ0n) is 9.89. The van der Waals surface area contributed by atoms with Crippen LogP contribution >= 0.6 is 11.6 Å². The van der Waals surface area contributed by atoms with Crippen LogP contribution in [0.15, 0.2) is 18.2 Å². The second-order valence-corrected chi connectivity index (χ2v) is 4.59. The van der Waals surface area contributed by atoms with E-state index < -0.39 is 0 Å². The van der Waals surface area contributed by atoms with E-state index >= 15 is 0 Å². The smallest absolute Gasteiger partial charge is 0.124 e. The fourth-order valence-corrected chi connectivity index (χ4v) is 1.93. The third-order valence-electron chi connectivity index (χ3n) is 2.65. The minimum absolute atomic E-state index is 0.269. The normalized spacial score (nSPS) is 12.8. The van der Waals surface area contributed by atoms with E-state index in [-0.39, 0.29) is 5.82 Å². The molecule has 3 heteroatoms. The zero-order chi connectivity index (χ0) is 12.0. The van der Waals surface area contributed by atoms with Crippen molar-refractivity contribution in [1.82, 2.24) is 5.32 Å². The lowest BCUT2D eigenvalue weighted by molar-refractivity contribution is 0.504. The summed E-state index contributed by atoms with van der Waals surface area (Å²) in [6.07, 6.45) is 2.02. The van der Waals surface area contributed by atoms with Gasteiger partial charge in [-0.25, -0.2) is 4.39 Å². The Morgan fingerprint density at radius 3 is 2.81 bits per heavy atom. The van der Waals surface area contributed by atoms with Crippen LogP contribution in [0.2, 0.25) is 5.02 Å². The monoisotopic (exact) mass is 243 g/mol. The molecule has 0 spiro atoms. The Morgan fingerprint density at radius 1 is 1.44 bits per heavy atom. The van der Waals surface area contributed by atoms with Gasteiger partial charge in [0.2, 0.25) is 0 Å². The van der Waals surface area contributed by atoms with E-state index in [0.717, 1.165) is 31.5 Å². The van der Waals surface area contributed by atoms with Gasteiger partial charge in [0.1, 0.15) is 5.82 Å². The molecule has 1 nitrogen and oxygen atoms in total. The van der Waals surface area contributed by atoms with Gasteiger partial charge in [-0.3, -0.25) is 0 Å². The molecular formula is C13H19ClFN. The number of rotatable bonds is 6. The first-order chi connectivity index (χ1) is 7.63. The number of nitrogens with one attached hydrogen (secondary N) is 1. The summed E-state index contributed by atoms with van der Waals surface area (Å²) in [7, 11) is 0. The van der Waals surface area contributed by atoms with Gasteiger partial charge in [-0.15, -0.1) is 0 Å². The van der Waals surface area contributed by atoms with Crippen molar-refractivity contribution in [3.05, 3.63) is 34.6 Å². The highest BCUT2D eigenvalue weighted by Gasteiger charge is 2.07. The molecule has 90 valence electrons. The Labute approximate surface area is 102 Å². The summed E-state index contributed by atoms with van der Waals surface area (Å²) < 4.78 is 12.8. The van der Waals surface area contributed by atoms with Crippen molar-refractivity contribution >= 4 is 11.6 Å². The second kappa shape index (κ2) is 6.87. The van der Waals surface area contributed by atoms with Crippen LogP contribution in [0.25, 0.3) is 0 Å². The van der Waals surface area contributed by atoms with Crippen LogP contribution in [0.3, 0.4) is 0 Å². The van der Waals surface area contributed by atoms with Crippen molar-refractivity contribution in [1.29, 1.82) is 0 Å². The summed E-state index contributed by atoms with van der Waals surface area (Å²) in [6.45, 7) is 6.32. The van der Waals surface area contributed by atoms with Gasteiger partial charge in [0.25, 0.3) is 0 Å². The first kappa shape index (κ1) is 13.5. The van der Waals surface area contributed by atoms with Gasteiger partial charge in [-0.2, -0.15) is 0 Å². The van der Waals surface area contributed by atoms with Gasteiger partial charge < -0.3 is 5.32 Å². The lowest BCUT2D eigenvalue weighted by atomic mass is 9.98. The van der Waals surface area contributed by atoms with E-state index in [1.54, 1.807) is 6.07 Å². The molecule has 0 heterocycles. The number of halogens is 2. The van der Waals surface area contributed by atoms with Gasteiger partial charge in [0, 0.05) is 5.02 Å². The Balaban J connectivity index is 2.46. The van der Waals surface area contributed by atoms with Crippen LogP contribution in [0.5, 0.6) is 0 Å². The molecule has 1 aromatic carbocycles. The molecule has 0 radical (unpaired) electrons. The van der Waals surface area contributed by atoms with Crippen molar-refractivity contribution < 1.29 is 4.39 Å². The molecule has 1 N–H and O–H groups in total. The number of hydrogen-bond acceptors (Lipinski definition) is 1. The molecule has 1 aromatic rings. The second-order valence-electron chi connectivity index (χ2n) is 4.19. The highest BCUT2D eigenvalue weighted by Crippen LogP contribution is 2.21. The van der Waals surface area contributed by atoms with Crippen LogP contribution in [0, 0.1) is 11.7 Å². The predicted molar refractivity (Wildman–Crippen MR) is 67.4 cm³/mol. The molecule has 1 atom stereocenters. The fraction of sp³-hybridized carbons (Fsp3) is 0.538. The minimum atomic E-state index is -0.269. The average molecular weight is 244 g/mol. The Hall–Kier alpha value is -0.600. The van der Waals surface area contributed by atoms with Crippen LogP contribution in [-0.2, 0) is 6.42 Å². The van der Waals surface area contributed by atoms with Gasteiger partial charge in [0.15, 0.2) is 0 Å². The van der Waals surface area contributed by atoms with Crippen LogP contribution in [0.1, 0.15) is 25.8 Å². The summed E-state index contributed by atoms with van der Waals surface area (Å²) in [5.41, 5.74) is 1.03. The van der Waals surface area contributed by atoms with Crippen LogP contribution < -0.4 is 5.32 Å². The molecule has 16 heavy (non-hydrogen) atoms. The number of benzene rings is 1. The average Bonchev–Trinajstić information content (AvgIpc) is 2.23. The van der Waals surface area contributed by atoms with Crippen molar-refractivity contribution in [3.63, 3.8) is 0 Å². The maximum atomic E-state index is 12.8. The highest BCUT2D eigenvalue weighted by atomic mass is 35.5. The molecule has 0 fully saturated rings. The summed E-state index contributed by atoms with van der Waals surface area (Å²) in [4.78, 5) is 0. The van der Waals surface area contributed by atoms with Gasteiger partial charge >= 0.3 is 0 Å². The standard InChI is InChI=1S/C13H19ClFN/c1-3-16-7-6-10(2)8-11-4-5-12(15)9-13(11)14/h4-5,9-10,16H,3,6-8H2,1-2H3. The molecule has 0 aliphatic heterocycles. The Kier molecular flexibility index (Phi) is 5.78. The van der Waals surface area contributed by atoms with E-state index in [9.17, 15) is 4.39 Å². The van der Waals surface area contributed by atoms with Crippen LogP contribution in [0.4, 0.5) is 4.39 Å². The summed E-state index contributed by atoms with van der Waals surface area (Å²) in [5.74, 6) is 0.288. The maximum absolute atomic E-state index is 12.8. The molecule has 1 unspecified atom stereocenters. The lowest BCUT2D eigenvalue weighted by Gasteiger charge is -2.12. The topological polar surface area (TPSA) is 12.0 Å². The van der Waals surface area contributed by atoms with E-state index in [4.69, 9.17) is 11.6 Å². The summed E-state index contributed by atoms with van der Waals surface area (Å²) >= 11 is 5.98. The molecule has 0 aliphatic carbocycles. The van der Waals surface area contributed by atoms with Crippen LogP contribution in [-0.4, -0.2) is 13.1 Å². The Morgan fingerprint density at radius 2 is 2.19 bits per heavy atom. The minimum Gasteiger partial charge on any atom is -0.317 e. The van der Waals surface area contributed by atoms with Crippen molar-refractivity contribution in [3.8, 4) is 0 Å². The SMILES string of the molecule is CCNCCC(C)Cc1ccc(F)cc1Cl. The van der Waals surface area contributed by atoms with Crippen molar-refractivity contribution in [2.75, 3.05) is 13.1 Å². The summed E-state index contributed by atoms with van der Waals surface area (Å²) in [6, 6.07) is 4.63. The molecule has 0 bridgehead atoms. The maximum Gasteiger partial charge on any atom is 0.124 e. The molecule has 0 aromatic heterocycles. The molecule has 0 amide bonds. The van der Waals surface area contributed by atoms with Crippen molar-refractivity contribution in [2.45, 2.75) is 26.7 Å². The van der Waals surface area contributed by atoms with Gasteiger partial charge in [-0.1, -0.05) is 31.5 Å². The van der Waals surface area contributed by atoms with E-state index in [1.807, 2.05) is 0 Å². The largest absolute Gasteiger partial charge is 0.317 e. The first-order valence-electron chi connectivity index (χ1n) is 5.78. The van der Waals surface area contributed by atoms with Gasteiger partial charge in [0.05, 0.1) is 0 Å². The third-order valence-corrected chi connectivity index (χ3v) is 3.00. The molecular weight excluding hydrogens is 225 g/mol. The fourth-order valence-electron chi connectivity index (χ4n) is 1.69. The predicted octanol–water partition coefficient (Wildman–Crippen LogP) is 3.66. The van der Waals surface area contributed by atoms with E-state index in [2.05, 4.69) is 19.2 Å². The number of hydrogen-bond donors (Lipinski definition) is 1. The molecule has 0 aliphatic rings. The molecule has 0 saturated heterocycles. The van der Waals surface area contributed by atoms with Crippen molar-refractivity contribution in [2.24, 2.45) is 5.92 Å². The van der Waals surface area contributed by atoms with Gasteiger partial charge in [-0.05, 0) is 49.5 Å². The first-order valence-corrected chi connectivity index (χ1v) is 6.16. The molecule has 0 saturated carbocycles. The highest BCUT2D eigenvalue weighted by molar-refractivity contribution is 6.31. The Bertz CT molecular complexity index is 328. The zero-order valence-corrected chi connectivity index (χ0v) is 10.6. The van der Waals surface area contributed by atoms with E-state index in [0.29, 0.717) is 10.9 Å². The molecule has 1 rings (SSSR count). The lowest BCUT2D eigenvalue weighted by Crippen LogP contribution is -2.17.